The largest absolute Gasteiger partial charge is 0.489 e. The van der Waals surface area contributed by atoms with Gasteiger partial charge in [-0.25, -0.2) is 29.2 Å². The average Bonchev–Trinajstić information content (AvgIpc) is 1.58. The van der Waals surface area contributed by atoms with Gasteiger partial charge in [0.2, 0.25) is 6.10 Å². The van der Waals surface area contributed by atoms with Crippen LogP contribution in [0.25, 0.3) is 0 Å². The van der Waals surface area contributed by atoms with Crippen molar-refractivity contribution in [3.05, 3.63) is 282 Å². The van der Waals surface area contributed by atoms with Crippen molar-refractivity contribution in [2.75, 3.05) is 33.0 Å². The van der Waals surface area contributed by atoms with E-state index < -0.39 is 52.2 Å². The molecule has 0 radical (unpaired) electrons. The van der Waals surface area contributed by atoms with Crippen molar-refractivity contribution < 1.29 is 65.6 Å². The lowest BCUT2D eigenvalue weighted by Gasteiger charge is -2.42. The molecule has 5 unspecified atom stereocenters. The maximum atomic E-state index is 12.7. The number of imidazole rings is 1. The van der Waals surface area contributed by atoms with Crippen molar-refractivity contribution in [1.29, 1.82) is 5.26 Å². The summed E-state index contributed by atoms with van der Waals surface area (Å²) in [5, 5.41) is 26.4. The standard InChI is InChI=1S/C23H19ClF3NO3.C21H20Cl2O3.C17H24ClN3.C16H19Cl2N3O.C15H16Cl3N3O2.C5H10N2O2S/c1-22(2)17(12-19(24)23(25,26)27)20(22)21(29)31-18(13-28)14-7-6-10-16(11-14)30-15-8-4-3-5-9-15;1-21(2)17(12-18(22)23)19(21)20(24)25-13-14-7-6-10-16(11-14)26-15-8-4-3-5-9-15;1-16(2,3)17(4,11-21-13-19-12-20-21)10-9-14-5-7-15(18)8-6-14;1-2-3-13-6-7-16(22-13,9-21-11-19-10-20-21)14-5-4-12(17)8-15(14)18;1-2-4-20(15(22)21-5-3-19-10-21)6-7-23-14-12(17)8-11(16)9-13(14)18;1-4(10-3)7-9-5(8)6-2/h3-12,17-18,20H,1-2H3;3-12,17,19H,13H2,1-2H3;5-8,12-13H,9-11H2,1-4H3;4-5,8,10-11,13H,2-3,6-7,9H2,1H3;3,5,8-10H,2,4,6-7H2,1H3;1-3H3,(H,6,8)/b19-12-;;;;;/t17-,18+,20-;;;;;/m1...../s1. The zero-order valence-corrected chi connectivity index (χ0v) is 83.4. The average molecular weight is 2030 g/mol. The Morgan fingerprint density at radius 3 is 1.80 bits per heavy atom. The number of aryl methyl sites for hydroxylation is 1. The monoisotopic (exact) mass is 2020 g/mol. The van der Waals surface area contributed by atoms with Gasteiger partial charge in [0.15, 0.2) is 5.75 Å². The topological polar surface area (TPSA) is 264 Å². The van der Waals surface area contributed by atoms with E-state index in [1.807, 2.05) is 135 Å². The highest BCUT2D eigenvalue weighted by Crippen LogP contribution is 2.62. The summed E-state index contributed by atoms with van der Waals surface area (Å²) in [5.74, 6) is 0.102. The molecule has 2 aliphatic carbocycles. The fourth-order valence-corrected chi connectivity index (χ4v) is 16.6. The third kappa shape index (κ3) is 33.5. The third-order valence-corrected chi connectivity index (χ3v) is 25.5. The van der Waals surface area contributed by atoms with Crippen LogP contribution in [0, 0.1) is 56.7 Å². The van der Waals surface area contributed by atoms with E-state index >= 15 is 0 Å². The molecular formula is C97H108Cl9F3N12O11S. The molecule has 4 heterocycles. The highest BCUT2D eigenvalue weighted by Gasteiger charge is 2.63. The lowest BCUT2D eigenvalue weighted by atomic mass is 9.65. The van der Waals surface area contributed by atoms with Gasteiger partial charge in [0, 0.05) is 63.7 Å². The summed E-state index contributed by atoms with van der Waals surface area (Å²) in [7, 11) is 1.48. The van der Waals surface area contributed by atoms with Gasteiger partial charge in [-0.1, -0.05) is 270 Å². The number of rotatable bonds is 29. The summed E-state index contributed by atoms with van der Waals surface area (Å²) in [6.07, 6.45) is 16.6. The molecule has 2 saturated carbocycles. The zero-order chi connectivity index (χ0) is 97.4. The second-order valence-electron chi connectivity index (χ2n) is 33.8. The number of allylic oxidation sites excluding steroid dienone is 3. The number of ether oxygens (including phenoxy) is 6. The highest BCUT2D eigenvalue weighted by atomic mass is 35.5. The van der Waals surface area contributed by atoms with E-state index in [1.165, 1.54) is 41.6 Å². The Bertz CT molecular complexity index is 5500. The molecule has 36 heteroatoms. The smallest absolute Gasteiger partial charge is 0.433 e. The molecule has 10 aromatic rings. The number of nitrogens with zero attached hydrogens (tertiary/aromatic N) is 11. The number of esters is 2. The van der Waals surface area contributed by atoms with Gasteiger partial charge in [0.25, 0.3) is 0 Å². The number of halogens is 12. The van der Waals surface area contributed by atoms with E-state index in [1.54, 1.807) is 122 Å². The van der Waals surface area contributed by atoms with E-state index in [0.29, 0.717) is 78.4 Å². The number of hydrogen-bond acceptors (Lipinski definition) is 19. The molecule has 0 bridgehead atoms. The van der Waals surface area contributed by atoms with Gasteiger partial charge in [-0.15, -0.1) is 11.8 Å². The summed E-state index contributed by atoms with van der Waals surface area (Å²) < 4.78 is 78.0. The van der Waals surface area contributed by atoms with Crippen molar-refractivity contribution in [1.82, 2.24) is 49.3 Å². The Morgan fingerprint density at radius 2 is 1.26 bits per heavy atom. The maximum absolute atomic E-state index is 12.7. The van der Waals surface area contributed by atoms with Crippen LogP contribution in [0.15, 0.2) is 235 Å². The van der Waals surface area contributed by atoms with Crippen molar-refractivity contribution >= 4 is 145 Å². The Kier molecular flexibility index (Phi) is 42.0. The SMILES string of the molecule is CC(C)(C)C(C)(CCc1ccc(Cl)cc1)Cn1cncn1.CC1(C)C(C=C(Cl)Cl)C1C(=O)OCc1cccc(Oc2ccccc2)c1.CC1(C)[C@H](/C=C(\Cl)C(F)(F)F)[C@@H]1C(=O)O[C@@H](C#N)c1cccc(Oc2ccccc2)c1.CCCC1CCC(Cn2cncn2)(c2ccc(Cl)cc2Cl)O1.CCCN(CCOc1c(Cl)cc(Cl)cc1Cl)C(=O)n1ccnc1.CNC(=O)ON=C(C)SC. The number of nitriles is 1. The molecule has 23 nitrogen and oxygen atoms in total. The van der Waals surface area contributed by atoms with Crippen molar-refractivity contribution in [2.45, 2.75) is 165 Å². The van der Waals surface area contributed by atoms with Gasteiger partial charge in [-0.3, -0.25) is 23.7 Å². The normalized spacial score (nSPS) is 17.9. The lowest BCUT2D eigenvalue weighted by molar-refractivity contribution is -0.149. The fourth-order valence-electron chi connectivity index (χ4n) is 14.4. The van der Waals surface area contributed by atoms with Crippen molar-refractivity contribution in [3.8, 4) is 34.8 Å². The van der Waals surface area contributed by atoms with Gasteiger partial charge in [-0.2, -0.15) is 28.6 Å². The number of alkyl halides is 3. The zero-order valence-electron chi connectivity index (χ0n) is 75.8. The Morgan fingerprint density at radius 1 is 0.684 bits per heavy atom. The first-order valence-electron chi connectivity index (χ1n) is 42.5. The van der Waals surface area contributed by atoms with Crippen LogP contribution in [-0.2, 0) is 60.4 Å². The highest BCUT2D eigenvalue weighted by molar-refractivity contribution is 8.13. The Balaban J connectivity index is 0.000000201. The van der Waals surface area contributed by atoms with Crippen molar-refractivity contribution in [2.24, 2.45) is 50.5 Å². The van der Waals surface area contributed by atoms with Crippen LogP contribution in [0.5, 0.6) is 28.7 Å². The minimum absolute atomic E-state index is 0.00717. The fraction of sp³-hybridized carbons (Fsp3) is 0.392. The van der Waals surface area contributed by atoms with E-state index in [4.69, 9.17) is 133 Å². The predicted octanol–water partition coefficient (Wildman–Crippen LogP) is 27.4. The molecule has 1 N–H and O–H groups in total. The quantitative estimate of drug-likeness (QED) is 0.0150. The molecule has 7 aromatic carbocycles. The minimum atomic E-state index is -4.68. The number of thioether (sulfide) groups is 1. The molecule has 1 aliphatic heterocycles. The number of benzene rings is 7. The number of amides is 2. The molecule has 133 heavy (non-hydrogen) atoms. The van der Waals surface area contributed by atoms with E-state index in [0.717, 1.165) is 79.5 Å². The number of para-hydroxylation sites is 2. The second kappa shape index (κ2) is 51.4. The first kappa shape index (κ1) is 109. The maximum Gasteiger partial charge on any atom is 0.433 e. The van der Waals surface area contributed by atoms with Crippen molar-refractivity contribution in [3.63, 3.8) is 0 Å². The summed E-state index contributed by atoms with van der Waals surface area (Å²) in [5.41, 5.74) is 2.48. The minimum Gasteiger partial charge on any atom is -0.489 e. The van der Waals surface area contributed by atoms with Gasteiger partial charge >= 0.3 is 30.2 Å². The first-order chi connectivity index (χ1) is 63.1. The van der Waals surface area contributed by atoms with Crippen LogP contribution >= 0.6 is 116 Å². The number of carbonyl (C=O) groups is 4. The molecule has 3 aliphatic rings. The molecule has 13 rings (SSSR count). The van der Waals surface area contributed by atoms with Gasteiger partial charge in [0.1, 0.15) is 94.1 Å². The molecular weight excluding hydrogens is 1920 g/mol. The molecule has 3 fully saturated rings. The van der Waals surface area contributed by atoms with Crippen LogP contribution < -0.4 is 19.5 Å². The number of hydrogen-bond donors (Lipinski definition) is 1. The number of aromatic nitrogens is 8. The Hall–Kier alpha value is -9.54. The van der Waals surface area contributed by atoms with Gasteiger partial charge in [-0.05, 0) is 187 Å². The third-order valence-electron chi connectivity index (χ3n) is 22.6. The summed E-state index contributed by atoms with van der Waals surface area (Å²) in [4.78, 5) is 65.7. The molecule has 712 valence electrons. The number of carbonyl (C=O) groups excluding carboxylic acids is 4. The van der Waals surface area contributed by atoms with Crippen LogP contribution in [0.1, 0.15) is 143 Å². The summed E-state index contributed by atoms with van der Waals surface area (Å²) in [6.45, 7) is 25.4. The van der Waals surface area contributed by atoms with E-state index in [-0.39, 0.29) is 63.9 Å². The molecule has 2 amide bonds. The van der Waals surface area contributed by atoms with E-state index in [2.05, 4.69) is 87.2 Å². The van der Waals surface area contributed by atoms with E-state index in [9.17, 15) is 37.6 Å². The van der Waals surface area contributed by atoms with Gasteiger partial charge in [0.05, 0.1) is 41.1 Å². The van der Waals surface area contributed by atoms with Crippen LogP contribution in [0.3, 0.4) is 0 Å². The lowest BCUT2D eigenvalue weighted by Crippen LogP contribution is -2.37. The molecule has 8 atom stereocenters. The second-order valence-corrected chi connectivity index (χ2v) is 38.7. The first-order valence-corrected chi connectivity index (χ1v) is 47.1. The van der Waals surface area contributed by atoms with Gasteiger partial charge < -0.3 is 38.6 Å². The number of oxime groups is 1. The van der Waals surface area contributed by atoms with Crippen LogP contribution in [0.4, 0.5) is 22.8 Å². The molecule has 0 spiro atoms. The van der Waals surface area contributed by atoms with Crippen LogP contribution in [-0.4, -0.2) is 118 Å². The number of nitrogens with one attached hydrogen (secondary N) is 1. The molecule has 1 saturated heterocycles. The Labute approximate surface area is 824 Å². The summed E-state index contributed by atoms with van der Waals surface area (Å²) in [6, 6.07) is 51.2. The summed E-state index contributed by atoms with van der Waals surface area (Å²) >= 11 is 54.6. The molecule has 3 aromatic heterocycles. The van der Waals surface area contributed by atoms with Crippen LogP contribution in [0.2, 0.25) is 30.1 Å². The predicted molar refractivity (Wildman–Crippen MR) is 520 cm³/mol.